The van der Waals surface area contributed by atoms with Crippen molar-refractivity contribution >= 4 is 47.3 Å². The molecule has 8 amide bonds. The van der Waals surface area contributed by atoms with E-state index >= 15 is 4.39 Å². The number of primary amides is 1. The van der Waals surface area contributed by atoms with E-state index in [2.05, 4.69) is 42.2 Å². The fraction of sp³-hybridized carbons (Fsp3) is 0.453. The third-order valence-electron chi connectivity index (χ3n) is 12.6. The minimum absolute atomic E-state index is 0.00688. The van der Waals surface area contributed by atoms with E-state index in [4.69, 9.17) is 5.73 Å². The third-order valence-corrected chi connectivity index (χ3v) is 12.6. The molecule has 22 heteroatoms. The van der Waals surface area contributed by atoms with Crippen molar-refractivity contribution in [2.45, 2.75) is 104 Å². The Bertz CT molecular complexity index is 2620. The SMILES string of the molecule is CC(C)C(C)(C)NCC(=O)NCCNC(=O)[C@H](CCN(C(=O)CO)[C@@H](c1cc(-c2cc(F)ccc2F)cn1Cc1ccccc1)C(C)(C)C)NC(=O)[C@H](CC(N)=O)NC(=O)[C@H](C)NC(=O)CNC(=O)c1ccncc1. The van der Waals surface area contributed by atoms with Gasteiger partial charge in [-0.15, -0.1) is 0 Å². The molecule has 4 atom stereocenters. The van der Waals surface area contributed by atoms with Gasteiger partial charge >= 0.3 is 0 Å². The fourth-order valence-electron chi connectivity index (χ4n) is 7.83. The van der Waals surface area contributed by atoms with Crippen molar-refractivity contribution in [1.82, 2.24) is 51.7 Å². The maximum Gasteiger partial charge on any atom is 0.251 e. The number of nitrogens with zero attached hydrogens (tertiary/aromatic N) is 3. The molecule has 0 saturated heterocycles. The van der Waals surface area contributed by atoms with Crippen LogP contribution in [0.1, 0.15) is 95.9 Å². The molecule has 0 aliphatic rings. The molecular weight excluding hydrogens is 973 g/mol. The highest BCUT2D eigenvalue weighted by Crippen LogP contribution is 2.41. The molecule has 2 aromatic heterocycles. The number of halogens is 2. The zero-order valence-electron chi connectivity index (χ0n) is 43.7. The lowest BCUT2D eigenvalue weighted by molar-refractivity contribution is -0.140. The number of carbonyl (C=O) groups excluding carboxylic acids is 8. The second-order valence-corrected chi connectivity index (χ2v) is 20.1. The Morgan fingerprint density at radius 3 is 2.04 bits per heavy atom. The molecule has 0 spiro atoms. The Labute approximate surface area is 435 Å². The first kappa shape index (κ1) is 60.0. The molecule has 0 bridgehead atoms. The molecule has 0 radical (unpaired) electrons. The first-order valence-electron chi connectivity index (χ1n) is 24.6. The fourth-order valence-corrected chi connectivity index (χ4v) is 7.83. The van der Waals surface area contributed by atoms with E-state index in [1.165, 1.54) is 36.4 Å². The second kappa shape index (κ2) is 27.6. The van der Waals surface area contributed by atoms with Crippen molar-refractivity contribution in [3.8, 4) is 11.1 Å². The number of amides is 8. The van der Waals surface area contributed by atoms with Crippen LogP contribution in [0.3, 0.4) is 0 Å². The van der Waals surface area contributed by atoms with Crippen LogP contribution in [-0.2, 0) is 40.1 Å². The summed E-state index contributed by atoms with van der Waals surface area (Å²) in [6, 6.07) is 11.4. The largest absolute Gasteiger partial charge is 0.387 e. The topological polar surface area (TPSA) is 288 Å². The minimum atomic E-state index is -1.70. The number of aromatic nitrogens is 2. The molecule has 0 fully saturated rings. The van der Waals surface area contributed by atoms with Crippen molar-refractivity contribution in [1.29, 1.82) is 0 Å². The van der Waals surface area contributed by atoms with Crippen LogP contribution in [0.15, 0.2) is 85.3 Å². The van der Waals surface area contributed by atoms with Gasteiger partial charge in [-0.1, -0.05) is 65.0 Å². The maximum absolute atomic E-state index is 15.4. The Hall–Kier alpha value is -7.59. The lowest BCUT2D eigenvalue weighted by atomic mass is 9.82. The van der Waals surface area contributed by atoms with Crippen molar-refractivity contribution in [2.24, 2.45) is 17.1 Å². The molecule has 4 aromatic rings. The molecule has 406 valence electrons. The van der Waals surface area contributed by atoms with Gasteiger partial charge in [0.25, 0.3) is 5.91 Å². The van der Waals surface area contributed by atoms with Crippen LogP contribution in [-0.4, -0.2) is 130 Å². The number of hydrogen-bond acceptors (Lipinski definition) is 11. The molecule has 0 aliphatic heterocycles. The van der Waals surface area contributed by atoms with Crippen LogP contribution in [0.25, 0.3) is 11.1 Å². The molecule has 0 saturated carbocycles. The smallest absolute Gasteiger partial charge is 0.251 e. The summed E-state index contributed by atoms with van der Waals surface area (Å²) in [7, 11) is 0. The molecule has 20 nitrogen and oxygen atoms in total. The molecule has 0 aliphatic carbocycles. The van der Waals surface area contributed by atoms with Crippen molar-refractivity contribution < 1.29 is 52.2 Å². The molecule has 4 rings (SSSR count). The highest BCUT2D eigenvalue weighted by atomic mass is 19.1. The standard InChI is InChI=1S/C53H71F2N11O9/c1-32(2)53(7,8)61-28-44(69)58-21-22-59-50(74)40(63-51(75)41(26-43(56)68)64-48(72)33(3)62-45(70)27-60-49(73)35-16-19-57-20-17-35)18-23-66(46(71)31-67)47(52(4,5)6)42-24-36(38-25-37(54)14-15-39(38)55)30-65(42)29-34-12-10-9-11-13-34/h9-17,19-20,24-25,30,32-33,40-41,47,61,67H,18,21-23,26-29,31H2,1-8H3,(H2,56,68)(H,58,69)(H,59,74)(H,60,73)(H,62,70)(H,63,75)(H,64,72)/t33-,40-,41-,47-/m0/s1. The van der Waals surface area contributed by atoms with Crippen LogP contribution in [0.4, 0.5) is 8.78 Å². The Balaban J connectivity index is 1.64. The van der Waals surface area contributed by atoms with E-state index in [0.717, 1.165) is 23.8 Å². The van der Waals surface area contributed by atoms with E-state index < -0.39 is 102 Å². The molecule has 75 heavy (non-hydrogen) atoms. The number of aliphatic hydroxyl groups is 1. The molecule has 2 aromatic carbocycles. The number of benzene rings is 2. The van der Waals surface area contributed by atoms with Gasteiger partial charge in [-0.25, -0.2) is 8.78 Å². The van der Waals surface area contributed by atoms with Gasteiger partial charge in [0.05, 0.1) is 25.6 Å². The highest BCUT2D eigenvalue weighted by Gasteiger charge is 2.38. The molecule has 0 unspecified atom stereocenters. The van der Waals surface area contributed by atoms with Crippen molar-refractivity contribution in [3.05, 3.63) is 114 Å². The van der Waals surface area contributed by atoms with Gasteiger partial charge in [0.2, 0.25) is 41.4 Å². The summed E-state index contributed by atoms with van der Waals surface area (Å²) in [5.41, 5.74) is 6.09. The van der Waals surface area contributed by atoms with Crippen molar-refractivity contribution in [2.75, 3.05) is 39.3 Å². The van der Waals surface area contributed by atoms with E-state index in [1.807, 2.05) is 78.8 Å². The Morgan fingerprint density at radius 1 is 0.760 bits per heavy atom. The van der Waals surface area contributed by atoms with Gasteiger partial charge in [-0.3, -0.25) is 43.3 Å². The van der Waals surface area contributed by atoms with Gasteiger partial charge in [0.15, 0.2) is 0 Å². The third kappa shape index (κ3) is 18.4. The van der Waals surface area contributed by atoms with E-state index in [9.17, 15) is 47.9 Å². The first-order chi connectivity index (χ1) is 35.3. The summed E-state index contributed by atoms with van der Waals surface area (Å²) in [6.45, 7) is 13.0. The average molecular weight is 1040 g/mol. The zero-order valence-corrected chi connectivity index (χ0v) is 43.7. The van der Waals surface area contributed by atoms with Gasteiger partial charge in [0.1, 0.15) is 36.4 Å². The number of carbonyl (C=O) groups is 8. The highest BCUT2D eigenvalue weighted by molar-refractivity contribution is 5.98. The monoisotopic (exact) mass is 1040 g/mol. The number of rotatable bonds is 27. The van der Waals surface area contributed by atoms with Crippen molar-refractivity contribution in [3.63, 3.8) is 0 Å². The summed E-state index contributed by atoms with van der Waals surface area (Å²) in [6.07, 6.45) is 3.34. The van der Waals surface area contributed by atoms with E-state index in [0.29, 0.717) is 11.3 Å². The van der Waals surface area contributed by atoms with Crippen LogP contribution in [0.5, 0.6) is 0 Å². The average Bonchev–Trinajstić information content (AvgIpc) is 3.76. The lowest BCUT2D eigenvalue weighted by Gasteiger charge is -2.41. The summed E-state index contributed by atoms with van der Waals surface area (Å²) >= 11 is 0. The second-order valence-electron chi connectivity index (χ2n) is 20.1. The van der Waals surface area contributed by atoms with Gasteiger partial charge in [-0.05, 0) is 80.5 Å². The number of hydrogen-bond donors (Lipinski definition) is 9. The van der Waals surface area contributed by atoms with E-state index in [1.54, 1.807) is 16.8 Å². The number of nitrogens with one attached hydrogen (secondary N) is 7. The van der Waals surface area contributed by atoms with Gasteiger partial charge in [-0.2, -0.15) is 0 Å². The normalized spacial score (nSPS) is 13.1. The molecule has 10 N–H and O–H groups in total. The van der Waals surface area contributed by atoms with Crippen LogP contribution in [0.2, 0.25) is 0 Å². The Morgan fingerprint density at radius 2 is 1.41 bits per heavy atom. The first-order valence-corrected chi connectivity index (χ1v) is 24.6. The number of aliphatic hydroxyl groups excluding tert-OH is 1. The Kier molecular flexibility index (Phi) is 22.1. The predicted molar refractivity (Wildman–Crippen MR) is 276 cm³/mol. The van der Waals surface area contributed by atoms with Crippen LogP contribution < -0.4 is 43.0 Å². The summed E-state index contributed by atoms with van der Waals surface area (Å²) in [5, 5.41) is 28.8. The van der Waals surface area contributed by atoms with Crippen LogP contribution in [0, 0.1) is 23.0 Å². The quantitative estimate of drug-likeness (QED) is 0.0391. The summed E-state index contributed by atoms with van der Waals surface area (Å²) in [4.78, 5) is 111. The number of nitrogens with two attached hydrogens (primary N) is 1. The number of pyridine rings is 1. The zero-order chi connectivity index (χ0) is 55.6. The predicted octanol–water partition coefficient (Wildman–Crippen LogP) is 2.21. The maximum atomic E-state index is 15.4. The molecule has 2 heterocycles. The van der Waals surface area contributed by atoms with Crippen LogP contribution >= 0.6 is 0 Å². The molecular formula is C53H71F2N11O9. The lowest BCUT2D eigenvalue weighted by Crippen LogP contribution is -2.58. The summed E-state index contributed by atoms with van der Waals surface area (Å²) < 4.78 is 31.8. The summed E-state index contributed by atoms with van der Waals surface area (Å²) in [5.74, 6) is -7.43. The van der Waals surface area contributed by atoms with Gasteiger partial charge in [0, 0.05) is 72.7 Å². The van der Waals surface area contributed by atoms with Gasteiger partial charge < -0.3 is 57.5 Å². The minimum Gasteiger partial charge on any atom is -0.387 e. The van der Waals surface area contributed by atoms with E-state index in [-0.39, 0.29) is 67.6 Å².